The fraction of sp³-hybridized carbons (Fsp3) is 0.727. The van der Waals surface area contributed by atoms with Crippen molar-refractivity contribution < 1.29 is 9.47 Å². The van der Waals surface area contributed by atoms with Crippen LogP contribution in [0.1, 0.15) is 46.0 Å². The third-order valence-corrected chi connectivity index (χ3v) is 6.60. The predicted octanol–water partition coefficient (Wildman–Crippen LogP) is 4.19. The van der Waals surface area contributed by atoms with Gasteiger partial charge in [0.2, 0.25) is 0 Å². The van der Waals surface area contributed by atoms with Gasteiger partial charge in [-0.15, -0.1) is 0 Å². The highest BCUT2D eigenvalue weighted by Crippen LogP contribution is 2.40. The molecule has 0 aliphatic carbocycles. The molecular weight excluding hydrogens is 324 g/mol. The molecule has 0 amide bonds. The molecule has 0 saturated carbocycles. The zero-order valence-electron chi connectivity index (χ0n) is 16.9. The van der Waals surface area contributed by atoms with Gasteiger partial charge in [-0.2, -0.15) is 0 Å². The van der Waals surface area contributed by atoms with Gasteiger partial charge in [0.05, 0.1) is 19.8 Å². The normalized spacial score (nSPS) is 23.3. The van der Waals surface area contributed by atoms with Crippen LogP contribution in [0.3, 0.4) is 0 Å². The van der Waals surface area contributed by atoms with Crippen LogP contribution >= 0.6 is 0 Å². The average Bonchev–Trinajstić information content (AvgIpc) is 3.13. The Hall–Kier alpha value is -1.26. The minimum absolute atomic E-state index is 0.467. The summed E-state index contributed by atoms with van der Waals surface area (Å²) >= 11 is 0. The van der Waals surface area contributed by atoms with Crippen LogP contribution in [0.15, 0.2) is 24.3 Å². The van der Waals surface area contributed by atoms with Crippen LogP contribution in [-0.4, -0.2) is 57.4 Å². The molecule has 1 unspecified atom stereocenters. The van der Waals surface area contributed by atoms with Gasteiger partial charge in [-0.25, -0.2) is 0 Å². The summed E-state index contributed by atoms with van der Waals surface area (Å²) in [6.45, 7) is 11.4. The lowest BCUT2D eigenvalue weighted by molar-refractivity contribution is 0.0837. The molecule has 26 heavy (non-hydrogen) atoms. The number of anilines is 1. The van der Waals surface area contributed by atoms with Crippen molar-refractivity contribution in [3.05, 3.63) is 24.3 Å². The molecule has 4 nitrogen and oxygen atoms in total. The molecule has 2 aliphatic rings. The van der Waals surface area contributed by atoms with Crippen molar-refractivity contribution in [1.82, 2.24) is 4.90 Å². The Balaban J connectivity index is 1.35. The Morgan fingerprint density at radius 3 is 2.35 bits per heavy atom. The van der Waals surface area contributed by atoms with E-state index < -0.39 is 0 Å². The highest BCUT2D eigenvalue weighted by Gasteiger charge is 2.36. The molecule has 2 aliphatic heterocycles. The lowest BCUT2D eigenvalue weighted by Gasteiger charge is -2.36. The Morgan fingerprint density at radius 1 is 1.08 bits per heavy atom. The molecular formula is C22H36N2O2. The van der Waals surface area contributed by atoms with Crippen molar-refractivity contribution in [2.75, 3.05) is 51.3 Å². The summed E-state index contributed by atoms with van der Waals surface area (Å²) in [5.41, 5.74) is 1.77. The van der Waals surface area contributed by atoms with Crippen molar-refractivity contribution in [3.8, 4) is 5.75 Å². The lowest BCUT2D eigenvalue weighted by atomic mass is 9.80. The average molecular weight is 361 g/mol. The number of benzene rings is 1. The molecule has 1 aromatic carbocycles. The quantitative estimate of drug-likeness (QED) is 0.694. The second-order valence-corrected chi connectivity index (χ2v) is 8.01. The first-order chi connectivity index (χ1) is 12.7. The summed E-state index contributed by atoms with van der Waals surface area (Å²) < 4.78 is 11.3. The number of ether oxygens (including phenoxy) is 2. The highest BCUT2D eigenvalue weighted by molar-refractivity contribution is 5.49. The van der Waals surface area contributed by atoms with Crippen LogP contribution < -0.4 is 9.64 Å². The number of methoxy groups -OCH3 is 1. The van der Waals surface area contributed by atoms with E-state index in [1.54, 1.807) is 7.11 Å². The first-order valence-electron chi connectivity index (χ1n) is 10.4. The SMILES string of the molecule is CCC1(CC)COC(CCCN2CCN(c3ccc(OC)cc3)CC2)C1. The molecule has 0 bridgehead atoms. The molecule has 1 aromatic rings. The van der Waals surface area contributed by atoms with Crippen LogP contribution in [0, 0.1) is 5.41 Å². The van der Waals surface area contributed by atoms with Gasteiger partial charge in [-0.1, -0.05) is 13.8 Å². The van der Waals surface area contributed by atoms with E-state index in [-0.39, 0.29) is 0 Å². The minimum atomic E-state index is 0.467. The van der Waals surface area contributed by atoms with E-state index >= 15 is 0 Å². The molecule has 0 spiro atoms. The van der Waals surface area contributed by atoms with E-state index in [9.17, 15) is 0 Å². The number of hydrogen-bond donors (Lipinski definition) is 0. The Bertz CT molecular complexity index is 534. The van der Waals surface area contributed by atoms with Gasteiger partial charge in [-0.05, 0) is 68.3 Å². The maximum Gasteiger partial charge on any atom is 0.119 e. The topological polar surface area (TPSA) is 24.9 Å². The van der Waals surface area contributed by atoms with Gasteiger partial charge in [0.15, 0.2) is 0 Å². The minimum Gasteiger partial charge on any atom is -0.497 e. The van der Waals surface area contributed by atoms with Crippen molar-refractivity contribution in [2.24, 2.45) is 5.41 Å². The molecule has 2 fully saturated rings. The maximum absolute atomic E-state index is 6.10. The Kier molecular flexibility index (Phi) is 6.82. The second-order valence-electron chi connectivity index (χ2n) is 8.01. The van der Waals surface area contributed by atoms with Gasteiger partial charge in [0.25, 0.3) is 0 Å². The van der Waals surface area contributed by atoms with E-state index in [0.717, 1.165) is 38.5 Å². The highest BCUT2D eigenvalue weighted by atomic mass is 16.5. The summed E-state index contributed by atoms with van der Waals surface area (Å²) in [6, 6.07) is 8.44. The van der Waals surface area contributed by atoms with Gasteiger partial charge in [0, 0.05) is 31.9 Å². The molecule has 3 rings (SSSR count). The van der Waals surface area contributed by atoms with Crippen molar-refractivity contribution in [1.29, 1.82) is 0 Å². The fourth-order valence-electron chi connectivity index (χ4n) is 4.39. The third-order valence-electron chi connectivity index (χ3n) is 6.60. The van der Waals surface area contributed by atoms with Crippen LogP contribution in [0.2, 0.25) is 0 Å². The maximum atomic E-state index is 6.10. The Labute approximate surface area is 159 Å². The molecule has 0 N–H and O–H groups in total. The molecule has 2 saturated heterocycles. The molecule has 146 valence electrons. The zero-order chi connectivity index (χ0) is 18.4. The van der Waals surface area contributed by atoms with Crippen molar-refractivity contribution in [2.45, 2.75) is 52.1 Å². The summed E-state index contributed by atoms with van der Waals surface area (Å²) in [5.74, 6) is 0.927. The predicted molar refractivity (Wildman–Crippen MR) is 108 cm³/mol. The smallest absolute Gasteiger partial charge is 0.119 e. The molecule has 2 heterocycles. The van der Waals surface area contributed by atoms with Gasteiger partial charge in [-0.3, -0.25) is 4.90 Å². The van der Waals surface area contributed by atoms with E-state index in [4.69, 9.17) is 9.47 Å². The summed E-state index contributed by atoms with van der Waals surface area (Å²) in [7, 11) is 1.72. The van der Waals surface area contributed by atoms with Crippen LogP contribution in [-0.2, 0) is 4.74 Å². The number of rotatable bonds is 8. The molecule has 4 heteroatoms. The molecule has 0 radical (unpaired) electrons. The van der Waals surface area contributed by atoms with Gasteiger partial charge in [0.1, 0.15) is 5.75 Å². The first kappa shape index (κ1) is 19.5. The first-order valence-corrected chi connectivity index (χ1v) is 10.4. The molecule has 0 aromatic heterocycles. The van der Waals surface area contributed by atoms with Crippen molar-refractivity contribution >= 4 is 5.69 Å². The summed E-state index contributed by atoms with van der Waals surface area (Å²) in [6.07, 6.45) is 6.76. The number of nitrogens with zero attached hydrogens (tertiary/aromatic N) is 2. The van der Waals surface area contributed by atoms with E-state index in [2.05, 4.69) is 47.9 Å². The molecule has 1 atom stereocenters. The summed E-state index contributed by atoms with van der Waals surface area (Å²) in [4.78, 5) is 5.09. The number of hydrogen-bond acceptors (Lipinski definition) is 4. The van der Waals surface area contributed by atoms with E-state index in [0.29, 0.717) is 11.5 Å². The lowest BCUT2D eigenvalue weighted by Crippen LogP contribution is -2.46. The van der Waals surface area contributed by atoms with Crippen LogP contribution in [0.4, 0.5) is 5.69 Å². The van der Waals surface area contributed by atoms with Gasteiger partial charge < -0.3 is 14.4 Å². The van der Waals surface area contributed by atoms with E-state index in [1.807, 2.05) is 0 Å². The zero-order valence-corrected chi connectivity index (χ0v) is 16.9. The number of piperazine rings is 1. The van der Waals surface area contributed by atoms with Gasteiger partial charge >= 0.3 is 0 Å². The van der Waals surface area contributed by atoms with Crippen LogP contribution in [0.5, 0.6) is 5.75 Å². The largest absolute Gasteiger partial charge is 0.497 e. The van der Waals surface area contributed by atoms with E-state index in [1.165, 1.54) is 44.3 Å². The van der Waals surface area contributed by atoms with Crippen LogP contribution in [0.25, 0.3) is 0 Å². The Morgan fingerprint density at radius 2 is 1.77 bits per heavy atom. The monoisotopic (exact) mass is 360 g/mol. The summed E-state index contributed by atoms with van der Waals surface area (Å²) in [5, 5.41) is 0. The third kappa shape index (κ3) is 4.72. The second kappa shape index (κ2) is 9.09. The standard InChI is InChI=1S/C22H36N2O2/c1-4-22(5-2)17-21(26-18-22)7-6-12-23-13-15-24(16-14-23)19-8-10-20(25-3)11-9-19/h8-11,21H,4-7,12-18H2,1-3H3. The van der Waals surface area contributed by atoms with Crippen molar-refractivity contribution in [3.63, 3.8) is 0 Å². The fourth-order valence-corrected chi connectivity index (χ4v) is 4.39.